The third-order valence-corrected chi connectivity index (χ3v) is 7.79. The number of non-ortho nitro benzene ring substituents is 1. The van der Waals surface area contributed by atoms with Crippen LogP contribution in [0.25, 0.3) is 0 Å². The van der Waals surface area contributed by atoms with Crippen LogP contribution in [-0.4, -0.2) is 60.7 Å². The van der Waals surface area contributed by atoms with Crippen LogP contribution in [0.4, 0.5) is 17.1 Å². The van der Waals surface area contributed by atoms with E-state index in [0.29, 0.717) is 42.0 Å². The number of benzene rings is 2. The summed E-state index contributed by atoms with van der Waals surface area (Å²) in [5, 5.41) is 40.5. The number of allylic oxidation sites excluding steroid dienone is 1. The van der Waals surface area contributed by atoms with Gasteiger partial charge in [-0.05, 0) is 30.2 Å². The van der Waals surface area contributed by atoms with Gasteiger partial charge in [-0.3, -0.25) is 34.1 Å². The number of β-lactam (4-membered cyclic amide) rings is 1. The Balaban J connectivity index is 1.34. The van der Waals surface area contributed by atoms with Gasteiger partial charge in [-0.25, -0.2) is 0 Å². The molecule has 1 aromatic heterocycles. The minimum atomic E-state index is -2.05. The van der Waals surface area contributed by atoms with Crippen LogP contribution in [0.15, 0.2) is 60.8 Å². The van der Waals surface area contributed by atoms with Gasteiger partial charge in [0.2, 0.25) is 5.91 Å². The molecule has 230 valence electrons. The van der Waals surface area contributed by atoms with Crippen LogP contribution < -0.4 is 9.80 Å². The van der Waals surface area contributed by atoms with Crippen LogP contribution in [0.3, 0.4) is 0 Å². The number of carbonyl (C=O) groups excluding carboxylic acids is 3. The first kappa shape index (κ1) is 30.5. The molecule has 0 radical (unpaired) electrons. The van der Waals surface area contributed by atoms with Crippen LogP contribution in [0.2, 0.25) is 0 Å². The van der Waals surface area contributed by atoms with Gasteiger partial charge in [0.25, 0.3) is 11.6 Å². The summed E-state index contributed by atoms with van der Waals surface area (Å²) in [6.45, 7) is 3.47. The third kappa shape index (κ3) is 5.81. The first-order valence-corrected chi connectivity index (χ1v) is 14.1. The highest BCUT2D eigenvalue weighted by Crippen LogP contribution is 2.47. The zero-order chi connectivity index (χ0) is 31.6. The highest BCUT2D eigenvalue weighted by Gasteiger charge is 2.53. The van der Waals surface area contributed by atoms with E-state index in [9.17, 15) is 29.6 Å². The lowest BCUT2D eigenvalue weighted by atomic mass is 9.82. The monoisotopic (exact) mass is 604 g/mol. The fourth-order valence-electron chi connectivity index (χ4n) is 5.46. The van der Waals surface area contributed by atoms with Crippen LogP contribution >= 0.6 is 0 Å². The highest BCUT2D eigenvalue weighted by molar-refractivity contribution is 6.07. The Morgan fingerprint density at radius 1 is 1.25 bits per heavy atom. The van der Waals surface area contributed by atoms with Crippen molar-refractivity contribution in [1.82, 2.24) is 15.0 Å². The molecule has 1 fully saturated rings. The molecule has 2 aliphatic rings. The molecule has 14 heteroatoms. The van der Waals surface area contributed by atoms with Gasteiger partial charge in [0, 0.05) is 62.0 Å². The molecule has 0 saturated carbocycles. The van der Waals surface area contributed by atoms with Gasteiger partial charge in [-0.1, -0.05) is 36.4 Å². The molecule has 44 heavy (non-hydrogen) atoms. The number of hydrogen-bond donors (Lipinski definition) is 2. The van der Waals surface area contributed by atoms with E-state index >= 15 is 0 Å². The number of aryl methyl sites for hydroxylation is 1. The van der Waals surface area contributed by atoms with Gasteiger partial charge in [0.1, 0.15) is 0 Å². The zero-order valence-corrected chi connectivity index (χ0v) is 24.2. The van der Waals surface area contributed by atoms with E-state index in [1.165, 1.54) is 34.9 Å². The predicted molar refractivity (Wildman–Crippen MR) is 156 cm³/mol. The van der Waals surface area contributed by atoms with E-state index in [0.717, 1.165) is 0 Å². The number of nitrogens with zero attached hydrogens (tertiary/aromatic N) is 6. The van der Waals surface area contributed by atoms with Crippen molar-refractivity contribution in [1.29, 1.82) is 0 Å². The molecule has 2 amide bonds. The number of fused-ring (bicyclic) bond motifs is 1. The lowest BCUT2D eigenvalue weighted by Crippen LogP contribution is -2.54. The normalized spacial score (nSPS) is 20.1. The Morgan fingerprint density at radius 2 is 2.00 bits per heavy atom. The summed E-state index contributed by atoms with van der Waals surface area (Å²) in [5.41, 5.74) is 0.0912. The maximum Gasteiger partial charge on any atom is 0.304 e. The van der Waals surface area contributed by atoms with E-state index < -0.39 is 34.5 Å². The average Bonchev–Trinajstić information content (AvgIpc) is 3.52. The van der Waals surface area contributed by atoms with Gasteiger partial charge in [0.05, 0.1) is 29.3 Å². The minimum absolute atomic E-state index is 0.0254. The first-order valence-electron chi connectivity index (χ1n) is 14.1. The molecule has 5 rings (SSSR count). The number of anilines is 2. The topological polar surface area (TPSA) is 181 Å². The lowest BCUT2D eigenvalue weighted by molar-refractivity contribution is -0.385. The number of ether oxygens (including phenoxy) is 1. The molecule has 14 nitrogen and oxygen atoms in total. The summed E-state index contributed by atoms with van der Waals surface area (Å²) < 4.78 is 6.80. The fourth-order valence-corrected chi connectivity index (χ4v) is 5.46. The summed E-state index contributed by atoms with van der Waals surface area (Å²) in [6, 6.07) is 10.8. The zero-order valence-electron chi connectivity index (χ0n) is 24.2. The molecule has 1 unspecified atom stereocenters. The number of rotatable bonds is 12. The summed E-state index contributed by atoms with van der Waals surface area (Å²) in [7, 11) is 0. The summed E-state index contributed by atoms with van der Waals surface area (Å²) in [4.78, 5) is 51.2. The molecule has 2 N–H and O–H groups in total. The quantitative estimate of drug-likeness (QED) is 0.102. The minimum Gasteiger partial charge on any atom is -0.441 e. The number of carbonyl (C=O) groups is 3. The van der Waals surface area contributed by atoms with E-state index in [1.54, 1.807) is 48.1 Å². The van der Waals surface area contributed by atoms with Gasteiger partial charge < -0.3 is 19.8 Å². The van der Waals surface area contributed by atoms with Crippen LogP contribution in [0.5, 0.6) is 0 Å². The second kappa shape index (κ2) is 12.3. The Hall–Kier alpha value is -4.95. The van der Waals surface area contributed by atoms with Gasteiger partial charge in [-0.2, -0.15) is 0 Å². The Kier molecular flexibility index (Phi) is 8.56. The second-order valence-corrected chi connectivity index (χ2v) is 10.8. The number of nitro groups is 1. The molecule has 0 aliphatic carbocycles. The van der Waals surface area contributed by atoms with E-state index in [4.69, 9.17) is 9.84 Å². The van der Waals surface area contributed by atoms with Gasteiger partial charge >= 0.3 is 5.97 Å². The predicted octanol–water partition coefficient (Wildman–Crippen LogP) is 2.36. The smallest absolute Gasteiger partial charge is 0.304 e. The first-order chi connectivity index (χ1) is 21.0. The van der Waals surface area contributed by atoms with Crippen LogP contribution in [0.1, 0.15) is 43.5 Å². The Labute approximate surface area is 252 Å². The molecule has 1 saturated heterocycles. The molecule has 0 bridgehead atoms. The van der Waals surface area contributed by atoms with E-state index in [2.05, 4.69) is 10.3 Å². The maximum atomic E-state index is 13.9. The molecule has 3 atom stereocenters. The molecular formula is C30H32N6O8. The van der Waals surface area contributed by atoms with Crippen LogP contribution in [0, 0.1) is 16.0 Å². The SMILES string of the molecule is CC(=O)OC1CC(=O)N1c1ccc(CN2C(=O)[C@@](O)([C@@H](C)/C=C/CCn3cc(CCO)nn3)c3cc([N+](=O)[O-])ccc32)cc1. The van der Waals surface area contributed by atoms with E-state index in [-0.39, 0.29) is 36.7 Å². The number of aliphatic hydroxyl groups excluding tert-OH is 1. The standard InChI is InChI=1S/C30H32N6O8/c1-19(5-3-4-13-33-18-22(12-14-37)31-32-33)30(41)25-15-24(36(42)43)10-11-26(25)34(29(30)40)17-21-6-8-23(9-7-21)35-27(39)16-28(35)44-20(2)38/h3,5-11,15,18-19,28,37,41H,4,12-14,16-17H2,1-2H3/b5-3+/t19-,28?,30+/m0/s1. The van der Waals surface area contributed by atoms with Crippen molar-refractivity contribution >= 4 is 34.8 Å². The number of hydrogen-bond acceptors (Lipinski definition) is 10. The molecule has 2 aliphatic heterocycles. The summed E-state index contributed by atoms with van der Waals surface area (Å²) in [6.07, 6.45) is 5.61. The maximum absolute atomic E-state index is 13.9. The lowest BCUT2D eigenvalue weighted by Gasteiger charge is -2.39. The van der Waals surface area contributed by atoms with Crippen molar-refractivity contribution in [2.45, 2.75) is 58.0 Å². The largest absolute Gasteiger partial charge is 0.441 e. The fraction of sp³-hybridized carbons (Fsp3) is 0.367. The van der Waals surface area contributed by atoms with Gasteiger partial charge in [0.15, 0.2) is 11.8 Å². The number of aliphatic hydroxyl groups is 2. The average molecular weight is 605 g/mol. The number of amides is 2. The van der Waals surface area contributed by atoms with Crippen molar-refractivity contribution in [2.24, 2.45) is 5.92 Å². The van der Waals surface area contributed by atoms with Crippen LogP contribution in [-0.2, 0) is 44.2 Å². The highest BCUT2D eigenvalue weighted by atomic mass is 16.6. The molecule has 2 aromatic carbocycles. The summed E-state index contributed by atoms with van der Waals surface area (Å²) >= 11 is 0. The third-order valence-electron chi connectivity index (χ3n) is 7.79. The van der Waals surface area contributed by atoms with Crippen molar-refractivity contribution in [2.75, 3.05) is 16.4 Å². The summed E-state index contributed by atoms with van der Waals surface area (Å²) in [5.74, 6) is -2.03. The Bertz CT molecular complexity index is 1620. The Morgan fingerprint density at radius 3 is 2.66 bits per heavy atom. The number of nitro benzene ring substituents is 1. The molecular weight excluding hydrogens is 572 g/mol. The van der Waals surface area contributed by atoms with Crippen molar-refractivity contribution in [3.63, 3.8) is 0 Å². The van der Waals surface area contributed by atoms with Crippen molar-refractivity contribution in [3.05, 3.63) is 87.7 Å². The van der Waals surface area contributed by atoms with Crippen molar-refractivity contribution in [3.8, 4) is 0 Å². The van der Waals surface area contributed by atoms with Crippen molar-refractivity contribution < 1.29 is 34.3 Å². The van der Waals surface area contributed by atoms with E-state index in [1.807, 2.05) is 6.08 Å². The molecule has 3 aromatic rings. The molecule has 3 heterocycles. The van der Waals surface area contributed by atoms with Gasteiger partial charge in [-0.15, -0.1) is 5.10 Å². The number of esters is 1. The second-order valence-electron chi connectivity index (χ2n) is 10.8. The number of aromatic nitrogens is 3. The molecule has 0 spiro atoms.